The van der Waals surface area contributed by atoms with Crippen molar-refractivity contribution in [2.45, 2.75) is 24.7 Å². The lowest BCUT2D eigenvalue weighted by Crippen LogP contribution is -2.35. The minimum absolute atomic E-state index is 0.256. The zero-order chi connectivity index (χ0) is 15.3. The van der Waals surface area contributed by atoms with E-state index in [9.17, 15) is 0 Å². The van der Waals surface area contributed by atoms with E-state index in [1.165, 1.54) is 21.8 Å². The van der Waals surface area contributed by atoms with Gasteiger partial charge < -0.3 is 14.0 Å². The van der Waals surface area contributed by atoms with E-state index in [1.807, 2.05) is 0 Å². The quantitative estimate of drug-likeness (QED) is 0.621. The van der Waals surface area contributed by atoms with Gasteiger partial charge in [-0.3, -0.25) is 0 Å². The second-order valence-corrected chi connectivity index (χ2v) is 6.42. The lowest BCUT2D eigenvalue weighted by Gasteiger charge is -2.34. The molecule has 5 rings (SSSR count). The van der Waals surface area contributed by atoms with Crippen molar-refractivity contribution in [2.24, 2.45) is 0 Å². The van der Waals surface area contributed by atoms with Gasteiger partial charge in [0.05, 0.1) is 19.3 Å². The number of nitrogens with zero attached hydrogens (tertiary/aromatic N) is 1. The summed E-state index contributed by atoms with van der Waals surface area (Å²) in [5, 5.41) is 2.62. The van der Waals surface area contributed by atoms with Crippen LogP contribution in [0.4, 0.5) is 0 Å². The summed E-state index contributed by atoms with van der Waals surface area (Å²) < 4.78 is 14.3. The molecule has 1 fully saturated rings. The Morgan fingerprint density at radius 2 is 1.48 bits per heavy atom. The van der Waals surface area contributed by atoms with Crippen molar-refractivity contribution in [3.63, 3.8) is 0 Å². The summed E-state index contributed by atoms with van der Waals surface area (Å²) in [7, 11) is 0. The molecule has 0 unspecified atom stereocenters. The van der Waals surface area contributed by atoms with Gasteiger partial charge in [0.15, 0.2) is 5.79 Å². The molecule has 2 aliphatic rings. The fraction of sp³-hybridized carbons (Fsp3) is 0.300. The van der Waals surface area contributed by atoms with Gasteiger partial charge in [-0.2, -0.15) is 0 Å². The Morgan fingerprint density at radius 3 is 2.13 bits per heavy atom. The SMILES string of the molecule is C1=C[C@@H](n2c3ccccc3c3ccccc32)CC2(C1)OCCO2. The third kappa shape index (κ3) is 1.97. The fourth-order valence-electron chi connectivity index (χ4n) is 4.09. The average Bonchev–Trinajstić information content (AvgIpc) is 3.17. The van der Waals surface area contributed by atoms with Crippen molar-refractivity contribution in [3.8, 4) is 0 Å². The third-order valence-corrected chi connectivity index (χ3v) is 5.07. The van der Waals surface area contributed by atoms with Crippen LogP contribution in [-0.4, -0.2) is 23.6 Å². The Bertz CT molecular complexity index is 849. The van der Waals surface area contributed by atoms with Gasteiger partial charge in [-0.1, -0.05) is 48.6 Å². The standard InChI is InChI=1S/C20H19NO2/c1-3-9-18-16(7-1)17-8-2-4-10-19(17)21(18)15-6-5-11-20(14-15)22-12-13-23-20/h1-10,15H,11-14H2/t15-/m1/s1. The molecule has 1 aliphatic carbocycles. The Labute approximate surface area is 135 Å². The van der Waals surface area contributed by atoms with Crippen LogP contribution < -0.4 is 0 Å². The summed E-state index contributed by atoms with van der Waals surface area (Å²) in [5.41, 5.74) is 2.55. The average molecular weight is 305 g/mol. The highest BCUT2D eigenvalue weighted by Gasteiger charge is 2.40. The lowest BCUT2D eigenvalue weighted by molar-refractivity contribution is -0.166. The molecule has 1 spiro atoms. The Balaban J connectivity index is 1.72. The van der Waals surface area contributed by atoms with Crippen molar-refractivity contribution < 1.29 is 9.47 Å². The predicted octanol–water partition coefficient (Wildman–Crippen LogP) is 4.43. The summed E-state index contributed by atoms with van der Waals surface area (Å²) in [4.78, 5) is 0. The van der Waals surface area contributed by atoms with Crippen LogP contribution in [0.15, 0.2) is 60.7 Å². The van der Waals surface area contributed by atoms with E-state index in [-0.39, 0.29) is 6.04 Å². The maximum Gasteiger partial charge on any atom is 0.174 e. The highest BCUT2D eigenvalue weighted by atomic mass is 16.7. The number of benzene rings is 2. The number of hydrogen-bond donors (Lipinski definition) is 0. The molecule has 1 aromatic heterocycles. The van der Waals surface area contributed by atoms with Crippen molar-refractivity contribution in [1.82, 2.24) is 4.57 Å². The molecule has 0 amide bonds. The van der Waals surface area contributed by atoms with Gasteiger partial charge in [0.2, 0.25) is 0 Å². The molecular formula is C20H19NO2. The van der Waals surface area contributed by atoms with E-state index in [2.05, 4.69) is 65.3 Å². The molecule has 1 aliphatic heterocycles. The monoisotopic (exact) mass is 305 g/mol. The van der Waals surface area contributed by atoms with Crippen LogP contribution >= 0.6 is 0 Å². The van der Waals surface area contributed by atoms with E-state index < -0.39 is 5.79 Å². The Kier molecular flexibility index (Phi) is 2.87. The van der Waals surface area contributed by atoms with E-state index >= 15 is 0 Å². The topological polar surface area (TPSA) is 23.4 Å². The first kappa shape index (κ1) is 13.3. The van der Waals surface area contributed by atoms with Crippen molar-refractivity contribution >= 4 is 21.8 Å². The summed E-state index contributed by atoms with van der Waals surface area (Å²) >= 11 is 0. The second-order valence-electron chi connectivity index (χ2n) is 6.42. The zero-order valence-corrected chi connectivity index (χ0v) is 12.9. The molecule has 116 valence electrons. The molecule has 0 N–H and O–H groups in total. The molecule has 2 aromatic carbocycles. The minimum Gasteiger partial charge on any atom is -0.347 e. The van der Waals surface area contributed by atoms with Crippen LogP contribution in [0.25, 0.3) is 21.8 Å². The number of rotatable bonds is 1. The zero-order valence-electron chi connectivity index (χ0n) is 12.9. The normalized spacial score (nSPS) is 23.2. The van der Waals surface area contributed by atoms with E-state index in [4.69, 9.17) is 9.47 Å². The van der Waals surface area contributed by atoms with Gasteiger partial charge >= 0.3 is 0 Å². The first-order valence-corrected chi connectivity index (χ1v) is 8.29. The maximum absolute atomic E-state index is 5.95. The van der Waals surface area contributed by atoms with Crippen LogP contribution in [0.2, 0.25) is 0 Å². The molecule has 3 heteroatoms. The highest BCUT2D eigenvalue weighted by molar-refractivity contribution is 6.08. The molecule has 0 radical (unpaired) electrons. The van der Waals surface area contributed by atoms with E-state index in [1.54, 1.807) is 0 Å². The van der Waals surface area contributed by atoms with Crippen LogP contribution in [-0.2, 0) is 9.47 Å². The predicted molar refractivity (Wildman–Crippen MR) is 91.5 cm³/mol. The molecule has 3 aromatic rings. The fourth-order valence-corrected chi connectivity index (χ4v) is 4.09. The summed E-state index contributed by atoms with van der Waals surface area (Å²) in [5.74, 6) is -0.425. The Morgan fingerprint density at radius 1 is 0.870 bits per heavy atom. The second kappa shape index (κ2) is 4.95. The highest BCUT2D eigenvalue weighted by Crippen LogP contribution is 2.41. The lowest BCUT2D eigenvalue weighted by atomic mass is 9.95. The minimum atomic E-state index is -0.425. The maximum atomic E-state index is 5.95. The first-order valence-electron chi connectivity index (χ1n) is 8.29. The summed E-state index contributed by atoms with van der Waals surface area (Å²) in [6.45, 7) is 1.40. The molecule has 23 heavy (non-hydrogen) atoms. The molecular weight excluding hydrogens is 286 g/mol. The van der Waals surface area contributed by atoms with E-state index in [0.29, 0.717) is 13.2 Å². The van der Waals surface area contributed by atoms with Gasteiger partial charge in [-0.25, -0.2) is 0 Å². The number of hydrogen-bond acceptors (Lipinski definition) is 2. The molecule has 1 atom stereocenters. The number of para-hydroxylation sites is 2. The Hall–Kier alpha value is -2.10. The molecule has 0 saturated carbocycles. The largest absolute Gasteiger partial charge is 0.347 e. The van der Waals surface area contributed by atoms with Gasteiger partial charge in [0, 0.05) is 34.6 Å². The molecule has 3 nitrogen and oxygen atoms in total. The van der Waals surface area contributed by atoms with Gasteiger partial charge in [-0.15, -0.1) is 0 Å². The van der Waals surface area contributed by atoms with Crippen LogP contribution in [0.3, 0.4) is 0 Å². The molecule has 2 heterocycles. The number of fused-ring (bicyclic) bond motifs is 3. The van der Waals surface area contributed by atoms with Gasteiger partial charge in [0.25, 0.3) is 0 Å². The van der Waals surface area contributed by atoms with Crippen LogP contribution in [0, 0.1) is 0 Å². The number of allylic oxidation sites excluding steroid dienone is 1. The first-order chi connectivity index (χ1) is 11.4. The molecule has 1 saturated heterocycles. The van der Waals surface area contributed by atoms with Crippen molar-refractivity contribution in [1.29, 1.82) is 0 Å². The van der Waals surface area contributed by atoms with Crippen molar-refractivity contribution in [2.75, 3.05) is 13.2 Å². The van der Waals surface area contributed by atoms with E-state index in [0.717, 1.165) is 12.8 Å². The summed E-state index contributed by atoms with van der Waals surface area (Å²) in [6, 6.07) is 17.5. The summed E-state index contributed by atoms with van der Waals surface area (Å²) in [6.07, 6.45) is 6.23. The van der Waals surface area contributed by atoms with Crippen LogP contribution in [0.1, 0.15) is 18.9 Å². The van der Waals surface area contributed by atoms with Crippen LogP contribution in [0.5, 0.6) is 0 Å². The number of aromatic nitrogens is 1. The smallest absolute Gasteiger partial charge is 0.174 e. The van der Waals surface area contributed by atoms with Gasteiger partial charge in [-0.05, 0) is 12.1 Å². The molecule has 0 bridgehead atoms. The third-order valence-electron chi connectivity index (χ3n) is 5.07. The van der Waals surface area contributed by atoms with Crippen molar-refractivity contribution in [3.05, 3.63) is 60.7 Å². The number of ether oxygens (including phenoxy) is 2. The van der Waals surface area contributed by atoms with Gasteiger partial charge in [0.1, 0.15) is 0 Å².